The van der Waals surface area contributed by atoms with Gasteiger partial charge in [-0.25, -0.2) is 0 Å². The fourth-order valence-corrected chi connectivity index (χ4v) is 4.61. The van der Waals surface area contributed by atoms with Gasteiger partial charge in [-0.1, -0.05) is 0 Å². The Morgan fingerprint density at radius 1 is 1.12 bits per heavy atom. The second kappa shape index (κ2) is 12.5. The smallest absolute Gasteiger partial charge is 0.221 e. The Balaban J connectivity index is 1.75. The topological polar surface area (TPSA) is 229 Å². The summed E-state index contributed by atoms with van der Waals surface area (Å²) in [6.07, 6.45) is -5.29. The predicted molar refractivity (Wildman–Crippen MR) is 116 cm³/mol. The normalized spacial score (nSPS) is 42.8. The van der Waals surface area contributed by atoms with Crippen molar-refractivity contribution < 1.29 is 39.1 Å². The molecule has 0 radical (unpaired) electrons. The highest BCUT2D eigenvalue weighted by Gasteiger charge is 2.49. The Morgan fingerprint density at radius 3 is 2.53 bits per heavy atom. The highest BCUT2D eigenvalue weighted by Crippen LogP contribution is 2.32. The van der Waals surface area contributed by atoms with Crippen molar-refractivity contribution in [3.8, 4) is 6.07 Å². The van der Waals surface area contributed by atoms with E-state index in [2.05, 4.69) is 5.32 Å². The van der Waals surface area contributed by atoms with E-state index in [0.717, 1.165) is 0 Å². The van der Waals surface area contributed by atoms with Crippen LogP contribution in [-0.4, -0.2) is 102 Å². The van der Waals surface area contributed by atoms with E-state index < -0.39 is 73.7 Å². The third kappa shape index (κ3) is 6.61. The summed E-state index contributed by atoms with van der Waals surface area (Å²) in [5, 5.41) is 42.0. The largest absolute Gasteiger partial charge is 0.394 e. The monoisotopic (exact) mass is 487 g/mol. The number of amides is 1. The van der Waals surface area contributed by atoms with E-state index in [1.165, 1.54) is 0 Å². The molecule has 1 saturated carbocycles. The van der Waals surface area contributed by atoms with Crippen LogP contribution in [0, 0.1) is 11.3 Å². The number of hydrogen-bond donors (Lipinski definition) is 7. The summed E-state index contributed by atoms with van der Waals surface area (Å²) >= 11 is 0. The molecule has 34 heavy (non-hydrogen) atoms. The molecule has 1 amide bonds. The molecule has 3 aliphatic rings. The summed E-state index contributed by atoms with van der Waals surface area (Å²) in [7, 11) is 0. The van der Waals surface area contributed by atoms with Crippen molar-refractivity contribution in [3.63, 3.8) is 0 Å². The van der Waals surface area contributed by atoms with Gasteiger partial charge in [0, 0.05) is 31.8 Å². The van der Waals surface area contributed by atoms with E-state index in [1.54, 1.807) is 0 Å². The van der Waals surface area contributed by atoms with E-state index in [-0.39, 0.29) is 31.8 Å². The fraction of sp³-hybridized carbons (Fsp3) is 0.905. The number of carbonyl (C=O) groups is 1. The quantitative estimate of drug-likeness (QED) is 0.171. The summed E-state index contributed by atoms with van der Waals surface area (Å²) in [6.45, 7) is -0.0878. The van der Waals surface area contributed by atoms with Gasteiger partial charge in [-0.3, -0.25) is 4.79 Å². The number of carbonyl (C=O) groups excluding carboxylic acids is 1. The minimum atomic E-state index is -1.24. The van der Waals surface area contributed by atoms with Gasteiger partial charge in [0.05, 0.1) is 37.0 Å². The van der Waals surface area contributed by atoms with Gasteiger partial charge in [0.25, 0.3) is 0 Å². The summed E-state index contributed by atoms with van der Waals surface area (Å²) in [6, 6.07) is 0.0351. The molecule has 2 aliphatic heterocycles. The minimum Gasteiger partial charge on any atom is -0.394 e. The molecule has 0 aromatic rings. The fourth-order valence-electron chi connectivity index (χ4n) is 4.61. The molecule has 13 heteroatoms. The van der Waals surface area contributed by atoms with Crippen LogP contribution < -0.4 is 22.5 Å². The van der Waals surface area contributed by atoms with Crippen LogP contribution in [0.5, 0.6) is 0 Å². The van der Waals surface area contributed by atoms with Crippen molar-refractivity contribution in [1.82, 2.24) is 5.32 Å². The number of aliphatic hydroxyl groups excluding tert-OH is 3. The van der Waals surface area contributed by atoms with Gasteiger partial charge in [-0.15, -0.1) is 0 Å². The third-order valence-electron chi connectivity index (χ3n) is 6.56. The second-order valence-corrected chi connectivity index (χ2v) is 9.12. The standard InChI is InChI=1S/C21H37N5O8/c22-5-1-2-16(29)26-13-6-12(25)19(34-21-11(24)4-3-10(8-23)31-21)20(18(13)30)33-17-7-14(28)15(9-27)32-17/h10-15,17-21,27-28,30H,1-4,6-9,23-25H2,(H,26,29). The lowest BCUT2D eigenvalue weighted by Gasteiger charge is -2.46. The van der Waals surface area contributed by atoms with Crippen LogP contribution >= 0.6 is 0 Å². The maximum atomic E-state index is 12.2. The van der Waals surface area contributed by atoms with Gasteiger partial charge in [-0.2, -0.15) is 5.26 Å². The summed E-state index contributed by atoms with van der Waals surface area (Å²) < 4.78 is 23.6. The van der Waals surface area contributed by atoms with Crippen LogP contribution in [0.25, 0.3) is 0 Å². The third-order valence-corrected chi connectivity index (χ3v) is 6.56. The Kier molecular flexibility index (Phi) is 9.98. The molecule has 0 aromatic carbocycles. The number of nitrogens with one attached hydrogen (secondary N) is 1. The van der Waals surface area contributed by atoms with Crippen LogP contribution in [0.2, 0.25) is 0 Å². The molecule has 11 atom stereocenters. The highest BCUT2D eigenvalue weighted by atomic mass is 16.7. The Hall–Kier alpha value is -1.44. The first-order valence-electron chi connectivity index (χ1n) is 11.7. The van der Waals surface area contributed by atoms with Gasteiger partial charge in [0.15, 0.2) is 12.6 Å². The molecule has 1 aliphatic carbocycles. The molecule has 0 spiro atoms. The number of aliphatic hydroxyl groups is 3. The maximum absolute atomic E-state index is 12.2. The van der Waals surface area contributed by atoms with E-state index >= 15 is 0 Å². The van der Waals surface area contributed by atoms with Crippen molar-refractivity contribution in [3.05, 3.63) is 0 Å². The molecular weight excluding hydrogens is 450 g/mol. The molecule has 10 N–H and O–H groups in total. The molecule has 2 saturated heterocycles. The Labute approximate surface area is 198 Å². The van der Waals surface area contributed by atoms with Crippen molar-refractivity contribution >= 4 is 5.91 Å². The SMILES string of the molecule is N#CCCC(=O)NC1CC(N)C(OC2OC(CN)CCC2N)C(OC2CC(O)C(CO)O2)C1O. The maximum Gasteiger partial charge on any atom is 0.221 e. The zero-order valence-electron chi connectivity index (χ0n) is 19.1. The van der Waals surface area contributed by atoms with Gasteiger partial charge in [0.2, 0.25) is 5.91 Å². The lowest BCUT2D eigenvalue weighted by atomic mass is 9.83. The second-order valence-electron chi connectivity index (χ2n) is 9.12. The first kappa shape index (κ1) is 27.2. The first-order chi connectivity index (χ1) is 16.3. The van der Waals surface area contributed by atoms with Crippen molar-refractivity contribution in [2.24, 2.45) is 17.2 Å². The number of ether oxygens (including phenoxy) is 4. The first-order valence-corrected chi connectivity index (χ1v) is 11.7. The number of nitrogens with zero attached hydrogens (tertiary/aromatic N) is 1. The van der Waals surface area contributed by atoms with Crippen molar-refractivity contribution in [1.29, 1.82) is 5.26 Å². The average molecular weight is 488 g/mol. The highest BCUT2D eigenvalue weighted by molar-refractivity contribution is 5.76. The zero-order valence-corrected chi connectivity index (χ0v) is 19.1. The number of hydrogen-bond acceptors (Lipinski definition) is 12. The van der Waals surface area contributed by atoms with Crippen LogP contribution in [0.1, 0.15) is 38.5 Å². The van der Waals surface area contributed by atoms with Crippen molar-refractivity contribution in [2.75, 3.05) is 13.2 Å². The molecule has 194 valence electrons. The predicted octanol–water partition coefficient (Wildman–Crippen LogP) is -3.10. The molecule has 3 fully saturated rings. The molecule has 11 unspecified atom stereocenters. The Bertz CT molecular complexity index is 711. The van der Waals surface area contributed by atoms with Crippen LogP contribution in [0.3, 0.4) is 0 Å². The summed E-state index contributed by atoms with van der Waals surface area (Å²) in [5.41, 5.74) is 18.3. The van der Waals surface area contributed by atoms with E-state index in [9.17, 15) is 20.1 Å². The van der Waals surface area contributed by atoms with E-state index in [4.69, 9.17) is 41.4 Å². The molecule has 13 nitrogen and oxygen atoms in total. The summed E-state index contributed by atoms with van der Waals surface area (Å²) in [4.78, 5) is 12.2. The van der Waals surface area contributed by atoms with Crippen molar-refractivity contribution in [2.45, 2.75) is 106 Å². The molecule has 0 bridgehead atoms. The molecule has 3 rings (SSSR count). The van der Waals surface area contributed by atoms with Gasteiger partial charge >= 0.3 is 0 Å². The Morgan fingerprint density at radius 2 is 1.88 bits per heavy atom. The number of nitriles is 1. The van der Waals surface area contributed by atoms with E-state index in [1.807, 2.05) is 6.07 Å². The summed E-state index contributed by atoms with van der Waals surface area (Å²) in [5.74, 6) is -0.396. The van der Waals surface area contributed by atoms with Gasteiger partial charge in [-0.05, 0) is 19.3 Å². The minimum absolute atomic E-state index is 0.0121. The number of nitrogens with two attached hydrogens (primary N) is 3. The van der Waals surface area contributed by atoms with E-state index in [0.29, 0.717) is 19.4 Å². The van der Waals surface area contributed by atoms with Gasteiger partial charge < -0.3 is 56.8 Å². The average Bonchev–Trinajstić information content (AvgIpc) is 3.18. The van der Waals surface area contributed by atoms with Crippen LogP contribution in [0.15, 0.2) is 0 Å². The molecule has 0 aromatic heterocycles. The lowest BCUT2D eigenvalue weighted by molar-refractivity contribution is -0.281. The zero-order chi connectivity index (χ0) is 24.8. The van der Waals surface area contributed by atoms with Crippen LogP contribution in [-0.2, 0) is 23.7 Å². The number of rotatable bonds is 9. The van der Waals surface area contributed by atoms with Gasteiger partial charge in [0.1, 0.15) is 24.4 Å². The molecule has 2 heterocycles. The van der Waals surface area contributed by atoms with Crippen LogP contribution in [0.4, 0.5) is 0 Å². The molecular formula is C21H37N5O8. The lowest BCUT2D eigenvalue weighted by Crippen LogP contribution is -2.66.